The molecule has 0 aromatic carbocycles. The lowest BCUT2D eigenvalue weighted by Crippen LogP contribution is -2.46. The predicted octanol–water partition coefficient (Wildman–Crippen LogP) is 1.21. The molecule has 1 aliphatic heterocycles. The molecule has 0 unspecified atom stereocenters. The van der Waals surface area contributed by atoms with Crippen LogP contribution in [-0.4, -0.2) is 59.5 Å². The molecule has 116 valence electrons. The first-order valence-electron chi connectivity index (χ1n) is 7.54. The second kappa shape index (κ2) is 7.29. The van der Waals surface area contributed by atoms with E-state index in [2.05, 4.69) is 31.0 Å². The van der Waals surface area contributed by atoms with Crippen LogP contribution in [0, 0.1) is 0 Å². The molecule has 2 aromatic heterocycles. The van der Waals surface area contributed by atoms with Gasteiger partial charge in [0.1, 0.15) is 0 Å². The minimum Gasteiger partial charge on any atom is -0.374 e. The third-order valence-corrected chi connectivity index (χ3v) is 3.76. The molecule has 1 aliphatic rings. The Morgan fingerprint density at radius 3 is 3.00 bits per heavy atom. The van der Waals surface area contributed by atoms with Gasteiger partial charge in [0, 0.05) is 45.6 Å². The van der Waals surface area contributed by atoms with Crippen molar-refractivity contribution < 1.29 is 4.74 Å². The Hall–Kier alpha value is -2.05. The zero-order chi connectivity index (χ0) is 15.2. The molecule has 0 saturated carbocycles. The van der Waals surface area contributed by atoms with Gasteiger partial charge in [0.15, 0.2) is 5.82 Å². The average molecular weight is 299 g/mol. The molecule has 2 aromatic rings. The molecule has 1 saturated heterocycles. The molecule has 1 atom stereocenters. The van der Waals surface area contributed by atoms with Crippen LogP contribution in [0.25, 0.3) is 0 Å². The molecule has 22 heavy (non-hydrogen) atoms. The largest absolute Gasteiger partial charge is 0.374 e. The van der Waals surface area contributed by atoms with E-state index < -0.39 is 0 Å². The van der Waals surface area contributed by atoms with Crippen LogP contribution in [0.1, 0.15) is 5.69 Å². The highest BCUT2D eigenvalue weighted by molar-refractivity contribution is 5.35. The number of pyridine rings is 1. The van der Waals surface area contributed by atoms with Crippen molar-refractivity contribution in [2.45, 2.75) is 12.6 Å². The molecule has 6 nitrogen and oxygen atoms in total. The lowest BCUT2D eigenvalue weighted by atomic mass is 10.2. The number of rotatable bonds is 5. The van der Waals surface area contributed by atoms with Crippen molar-refractivity contribution in [1.29, 1.82) is 0 Å². The molecule has 0 aliphatic carbocycles. The Morgan fingerprint density at radius 1 is 1.27 bits per heavy atom. The lowest BCUT2D eigenvalue weighted by Gasteiger charge is -2.34. The number of likely N-dealkylation sites (N-methyl/N-ethyl adjacent to an activating group) is 1. The maximum Gasteiger partial charge on any atom is 0.151 e. The maximum atomic E-state index is 5.89. The van der Waals surface area contributed by atoms with Crippen molar-refractivity contribution >= 4 is 5.82 Å². The van der Waals surface area contributed by atoms with Gasteiger partial charge in [-0.3, -0.25) is 9.88 Å². The fourth-order valence-electron chi connectivity index (χ4n) is 2.65. The van der Waals surface area contributed by atoms with Crippen molar-refractivity contribution in [3.8, 4) is 0 Å². The number of aromatic nitrogens is 3. The minimum absolute atomic E-state index is 0.171. The first kappa shape index (κ1) is 14.9. The van der Waals surface area contributed by atoms with Crippen molar-refractivity contribution in [3.63, 3.8) is 0 Å². The highest BCUT2D eigenvalue weighted by Crippen LogP contribution is 2.12. The summed E-state index contributed by atoms with van der Waals surface area (Å²) in [5.74, 6) is 0.868. The van der Waals surface area contributed by atoms with Crippen LogP contribution in [0.4, 0.5) is 5.82 Å². The molecule has 3 rings (SSSR count). The van der Waals surface area contributed by atoms with Gasteiger partial charge in [0.2, 0.25) is 0 Å². The fourth-order valence-corrected chi connectivity index (χ4v) is 2.65. The summed E-state index contributed by atoms with van der Waals surface area (Å²) in [5, 5.41) is 8.05. The molecule has 0 radical (unpaired) electrons. The van der Waals surface area contributed by atoms with Gasteiger partial charge in [-0.25, -0.2) is 0 Å². The number of hydrogen-bond acceptors (Lipinski definition) is 6. The van der Waals surface area contributed by atoms with Gasteiger partial charge in [-0.05, 0) is 24.3 Å². The first-order chi connectivity index (χ1) is 10.8. The Labute approximate surface area is 130 Å². The smallest absolute Gasteiger partial charge is 0.151 e. The fraction of sp³-hybridized carbons (Fsp3) is 0.438. The highest BCUT2D eigenvalue weighted by Gasteiger charge is 2.22. The zero-order valence-electron chi connectivity index (χ0n) is 12.8. The number of hydrogen-bond donors (Lipinski definition) is 0. The molecule has 6 heteroatoms. The van der Waals surface area contributed by atoms with Crippen LogP contribution < -0.4 is 4.90 Å². The van der Waals surface area contributed by atoms with E-state index in [1.807, 2.05) is 37.5 Å². The highest BCUT2D eigenvalue weighted by atomic mass is 16.5. The van der Waals surface area contributed by atoms with Gasteiger partial charge in [-0.15, -0.1) is 5.10 Å². The van der Waals surface area contributed by atoms with Gasteiger partial charge in [0.05, 0.1) is 18.4 Å². The molecular formula is C16H21N5O. The summed E-state index contributed by atoms with van der Waals surface area (Å²) in [6, 6.07) is 9.90. The summed E-state index contributed by atoms with van der Waals surface area (Å²) >= 11 is 0. The van der Waals surface area contributed by atoms with Crippen molar-refractivity contribution in [1.82, 2.24) is 20.1 Å². The molecule has 0 N–H and O–H groups in total. The minimum atomic E-state index is 0.171. The van der Waals surface area contributed by atoms with E-state index in [4.69, 9.17) is 4.74 Å². The van der Waals surface area contributed by atoms with Crippen molar-refractivity contribution in [3.05, 3.63) is 48.4 Å². The zero-order valence-corrected chi connectivity index (χ0v) is 12.8. The van der Waals surface area contributed by atoms with Gasteiger partial charge < -0.3 is 9.64 Å². The van der Waals surface area contributed by atoms with Crippen LogP contribution in [0.15, 0.2) is 42.7 Å². The van der Waals surface area contributed by atoms with E-state index in [1.54, 1.807) is 6.20 Å². The predicted molar refractivity (Wildman–Crippen MR) is 84.6 cm³/mol. The topological polar surface area (TPSA) is 54.4 Å². The monoisotopic (exact) mass is 299 g/mol. The Kier molecular flexibility index (Phi) is 4.92. The van der Waals surface area contributed by atoms with E-state index in [0.29, 0.717) is 0 Å². The van der Waals surface area contributed by atoms with E-state index in [9.17, 15) is 0 Å². The van der Waals surface area contributed by atoms with Gasteiger partial charge in [-0.1, -0.05) is 6.07 Å². The Morgan fingerprint density at radius 2 is 2.23 bits per heavy atom. The van der Waals surface area contributed by atoms with Crippen LogP contribution in [-0.2, 0) is 11.3 Å². The molecule has 0 spiro atoms. The number of morpholine rings is 1. The average Bonchev–Trinajstić information content (AvgIpc) is 2.57. The van der Waals surface area contributed by atoms with Crippen LogP contribution >= 0.6 is 0 Å². The summed E-state index contributed by atoms with van der Waals surface area (Å²) < 4.78 is 5.89. The summed E-state index contributed by atoms with van der Waals surface area (Å²) in [5.41, 5.74) is 1.10. The molecule has 0 amide bonds. The van der Waals surface area contributed by atoms with Crippen LogP contribution in [0.2, 0.25) is 0 Å². The standard InChI is InChI=1S/C16H21N5O/c1-20(16-6-4-8-18-19-16)12-15-13-21(9-10-22-15)11-14-5-2-3-7-17-14/h2-8,15H,9-13H2,1H3/t15-/m0/s1. The molecular weight excluding hydrogens is 278 g/mol. The van der Waals surface area contributed by atoms with E-state index in [0.717, 1.165) is 44.3 Å². The van der Waals surface area contributed by atoms with Crippen molar-refractivity contribution in [2.24, 2.45) is 0 Å². The number of ether oxygens (including phenoxy) is 1. The van der Waals surface area contributed by atoms with Crippen LogP contribution in [0.5, 0.6) is 0 Å². The van der Waals surface area contributed by atoms with E-state index >= 15 is 0 Å². The molecule has 3 heterocycles. The summed E-state index contributed by atoms with van der Waals surface area (Å²) in [7, 11) is 2.02. The third kappa shape index (κ3) is 3.99. The number of anilines is 1. The summed E-state index contributed by atoms with van der Waals surface area (Å²) in [6.07, 6.45) is 3.70. The Balaban J connectivity index is 1.54. The van der Waals surface area contributed by atoms with E-state index in [-0.39, 0.29) is 6.10 Å². The second-order valence-electron chi connectivity index (χ2n) is 5.51. The summed E-state index contributed by atoms with van der Waals surface area (Å²) in [6.45, 7) is 4.28. The lowest BCUT2D eigenvalue weighted by molar-refractivity contribution is -0.0268. The summed E-state index contributed by atoms with van der Waals surface area (Å²) in [4.78, 5) is 8.87. The van der Waals surface area contributed by atoms with Crippen LogP contribution in [0.3, 0.4) is 0 Å². The van der Waals surface area contributed by atoms with Crippen molar-refractivity contribution in [2.75, 3.05) is 38.2 Å². The molecule has 1 fully saturated rings. The van der Waals surface area contributed by atoms with E-state index in [1.165, 1.54) is 0 Å². The SMILES string of the molecule is CN(C[C@H]1CN(Cc2ccccn2)CCO1)c1cccnn1. The normalized spacial score (nSPS) is 19.0. The number of nitrogens with zero attached hydrogens (tertiary/aromatic N) is 5. The first-order valence-corrected chi connectivity index (χ1v) is 7.54. The van der Waals surface area contributed by atoms with Gasteiger partial charge in [-0.2, -0.15) is 5.10 Å². The third-order valence-electron chi connectivity index (χ3n) is 3.76. The maximum absolute atomic E-state index is 5.89. The van der Waals surface area contributed by atoms with Gasteiger partial charge in [0.25, 0.3) is 0 Å². The Bertz CT molecular complexity index is 565. The second-order valence-corrected chi connectivity index (χ2v) is 5.51. The quantitative estimate of drug-likeness (QED) is 0.827. The molecule has 0 bridgehead atoms. The van der Waals surface area contributed by atoms with Gasteiger partial charge >= 0.3 is 0 Å².